The molecule has 1 aromatic heterocycles. The summed E-state index contributed by atoms with van der Waals surface area (Å²) in [6, 6.07) is 5.99. The van der Waals surface area contributed by atoms with Crippen molar-refractivity contribution < 1.29 is 4.79 Å². The maximum Gasteiger partial charge on any atom is 0.233 e. The second-order valence-corrected chi connectivity index (χ2v) is 8.19. The average Bonchev–Trinajstić information content (AvgIpc) is 3.14. The summed E-state index contributed by atoms with van der Waals surface area (Å²) in [6.45, 7) is 12.2. The van der Waals surface area contributed by atoms with Gasteiger partial charge < -0.3 is 9.80 Å². The van der Waals surface area contributed by atoms with Gasteiger partial charge in [0, 0.05) is 32.4 Å². The van der Waals surface area contributed by atoms with Crippen molar-refractivity contribution in [2.45, 2.75) is 33.1 Å². The summed E-state index contributed by atoms with van der Waals surface area (Å²) in [4.78, 5) is 22.1. The van der Waals surface area contributed by atoms with Crippen molar-refractivity contribution in [3.8, 4) is 0 Å². The molecule has 2 unspecified atom stereocenters. The molecule has 4 rings (SSSR count). The van der Waals surface area contributed by atoms with E-state index in [1.54, 1.807) is 0 Å². The fourth-order valence-corrected chi connectivity index (χ4v) is 5.10. The van der Waals surface area contributed by atoms with E-state index in [1.165, 1.54) is 12.0 Å². The van der Waals surface area contributed by atoms with E-state index in [4.69, 9.17) is 0 Å². The summed E-state index contributed by atoms with van der Waals surface area (Å²) in [5.41, 5.74) is 1.02. The monoisotopic (exact) mass is 325 g/mol. The van der Waals surface area contributed by atoms with Crippen molar-refractivity contribution in [2.75, 3.05) is 31.1 Å². The van der Waals surface area contributed by atoms with Gasteiger partial charge in [0.15, 0.2) is 0 Å². The molecule has 3 fully saturated rings. The highest BCUT2D eigenvalue weighted by Crippen LogP contribution is 2.65. The van der Waals surface area contributed by atoms with Crippen molar-refractivity contribution in [3.05, 3.63) is 36.5 Å². The average molecular weight is 325 g/mol. The summed E-state index contributed by atoms with van der Waals surface area (Å²) in [5, 5.41) is 0. The molecule has 24 heavy (non-hydrogen) atoms. The number of nitrogens with zero attached hydrogens (tertiary/aromatic N) is 3. The van der Waals surface area contributed by atoms with E-state index in [9.17, 15) is 4.79 Å². The van der Waals surface area contributed by atoms with E-state index in [2.05, 4.69) is 35.2 Å². The van der Waals surface area contributed by atoms with Gasteiger partial charge in [-0.25, -0.2) is 4.98 Å². The fourth-order valence-electron chi connectivity index (χ4n) is 5.10. The van der Waals surface area contributed by atoms with Crippen molar-refractivity contribution in [2.24, 2.45) is 16.7 Å². The molecule has 2 aliphatic carbocycles. The Kier molecular flexibility index (Phi) is 3.48. The van der Waals surface area contributed by atoms with E-state index < -0.39 is 0 Å². The van der Waals surface area contributed by atoms with E-state index in [0.29, 0.717) is 11.8 Å². The van der Waals surface area contributed by atoms with E-state index in [0.717, 1.165) is 44.8 Å². The molecule has 2 atom stereocenters. The lowest BCUT2D eigenvalue weighted by Gasteiger charge is -2.42. The highest BCUT2D eigenvalue weighted by Gasteiger charge is 2.61. The molecule has 1 aliphatic heterocycles. The first kappa shape index (κ1) is 15.7. The Balaban J connectivity index is 1.47. The SMILES string of the molecule is C=C1C2(C(=O)N3CCN(c4ccccn4)CC3)CCC(C2)C1(C)C. The van der Waals surface area contributed by atoms with Gasteiger partial charge >= 0.3 is 0 Å². The van der Waals surface area contributed by atoms with Crippen LogP contribution in [0.2, 0.25) is 0 Å². The quantitative estimate of drug-likeness (QED) is 0.784. The predicted octanol–water partition coefficient (Wildman–Crippen LogP) is 3.11. The largest absolute Gasteiger partial charge is 0.353 e. The Morgan fingerprint density at radius 1 is 1.25 bits per heavy atom. The third-order valence-corrected chi connectivity index (χ3v) is 6.84. The van der Waals surface area contributed by atoms with Crippen molar-refractivity contribution in [3.63, 3.8) is 0 Å². The molecule has 128 valence electrons. The zero-order chi connectivity index (χ0) is 16.9. The molecule has 0 N–H and O–H groups in total. The molecule has 1 saturated heterocycles. The van der Waals surface area contributed by atoms with Crippen LogP contribution in [0.5, 0.6) is 0 Å². The zero-order valence-corrected chi connectivity index (χ0v) is 14.8. The van der Waals surface area contributed by atoms with Gasteiger partial charge in [-0.1, -0.05) is 32.1 Å². The van der Waals surface area contributed by atoms with Gasteiger partial charge in [0.05, 0.1) is 5.41 Å². The van der Waals surface area contributed by atoms with Gasteiger partial charge in [-0.05, 0) is 42.7 Å². The van der Waals surface area contributed by atoms with Crippen LogP contribution in [0, 0.1) is 16.7 Å². The Bertz CT molecular complexity index is 661. The molecule has 4 heteroatoms. The number of amides is 1. The summed E-state index contributed by atoms with van der Waals surface area (Å²) >= 11 is 0. The third kappa shape index (κ3) is 2.11. The molecule has 2 bridgehead atoms. The van der Waals surface area contributed by atoms with Gasteiger partial charge in [0.1, 0.15) is 5.82 Å². The number of hydrogen-bond acceptors (Lipinski definition) is 3. The first-order valence-electron chi connectivity index (χ1n) is 9.10. The summed E-state index contributed by atoms with van der Waals surface area (Å²) in [6.07, 6.45) is 5.01. The van der Waals surface area contributed by atoms with Gasteiger partial charge in [0.2, 0.25) is 5.91 Å². The molecule has 2 heterocycles. The Morgan fingerprint density at radius 2 is 2.00 bits per heavy atom. The van der Waals surface area contributed by atoms with Crippen molar-refractivity contribution in [1.82, 2.24) is 9.88 Å². The van der Waals surface area contributed by atoms with E-state index in [1.807, 2.05) is 24.4 Å². The lowest BCUT2D eigenvalue weighted by atomic mass is 9.68. The minimum atomic E-state index is -0.276. The second kappa shape index (κ2) is 5.33. The minimum Gasteiger partial charge on any atom is -0.353 e. The maximum absolute atomic E-state index is 13.4. The van der Waals surface area contributed by atoms with Crippen molar-refractivity contribution in [1.29, 1.82) is 0 Å². The standard InChI is InChI=1S/C20H27N3O/c1-15-19(2,3)16-7-8-20(15,14-16)18(24)23-12-10-22(11-13-23)17-6-4-5-9-21-17/h4-6,9,16H,1,7-8,10-14H2,2-3H3. The molecule has 0 radical (unpaired) electrons. The normalized spacial score (nSPS) is 31.6. The first-order valence-corrected chi connectivity index (χ1v) is 9.10. The van der Waals surface area contributed by atoms with E-state index >= 15 is 0 Å². The van der Waals surface area contributed by atoms with Gasteiger partial charge in [0.25, 0.3) is 0 Å². The highest BCUT2D eigenvalue weighted by atomic mass is 16.2. The number of piperazine rings is 1. The fraction of sp³-hybridized carbons (Fsp3) is 0.600. The summed E-state index contributed by atoms with van der Waals surface area (Å²) in [5.74, 6) is 1.97. The molecule has 3 aliphatic rings. The Labute approximate surface area is 144 Å². The smallest absolute Gasteiger partial charge is 0.233 e. The predicted molar refractivity (Wildman–Crippen MR) is 95.7 cm³/mol. The number of pyridine rings is 1. The Morgan fingerprint density at radius 3 is 2.58 bits per heavy atom. The van der Waals surface area contributed by atoms with Crippen LogP contribution >= 0.6 is 0 Å². The summed E-state index contributed by atoms with van der Waals surface area (Å²) < 4.78 is 0. The van der Waals surface area contributed by atoms with Crippen LogP contribution in [-0.4, -0.2) is 42.0 Å². The molecule has 1 amide bonds. The highest BCUT2D eigenvalue weighted by molar-refractivity contribution is 5.88. The zero-order valence-electron chi connectivity index (χ0n) is 14.8. The van der Waals surface area contributed by atoms with Gasteiger partial charge in [-0.3, -0.25) is 4.79 Å². The number of carbonyl (C=O) groups is 1. The van der Waals surface area contributed by atoms with Crippen LogP contribution in [0.25, 0.3) is 0 Å². The molecule has 2 saturated carbocycles. The van der Waals surface area contributed by atoms with Crippen LogP contribution in [0.1, 0.15) is 33.1 Å². The maximum atomic E-state index is 13.4. The van der Waals surface area contributed by atoms with E-state index in [-0.39, 0.29) is 10.8 Å². The van der Waals surface area contributed by atoms with Crippen LogP contribution in [0.4, 0.5) is 5.82 Å². The lowest BCUT2D eigenvalue weighted by molar-refractivity contribution is -0.140. The van der Waals surface area contributed by atoms with Crippen LogP contribution in [0.3, 0.4) is 0 Å². The van der Waals surface area contributed by atoms with Crippen molar-refractivity contribution >= 4 is 11.7 Å². The first-order chi connectivity index (χ1) is 11.4. The third-order valence-electron chi connectivity index (χ3n) is 6.84. The number of rotatable bonds is 2. The number of anilines is 1. The number of aromatic nitrogens is 1. The Hall–Kier alpha value is -1.84. The molecular weight excluding hydrogens is 298 g/mol. The molecule has 0 aromatic carbocycles. The number of hydrogen-bond donors (Lipinski definition) is 0. The van der Waals surface area contributed by atoms with Gasteiger partial charge in [-0.15, -0.1) is 0 Å². The second-order valence-electron chi connectivity index (χ2n) is 8.19. The summed E-state index contributed by atoms with van der Waals surface area (Å²) in [7, 11) is 0. The topological polar surface area (TPSA) is 36.4 Å². The molecule has 4 nitrogen and oxygen atoms in total. The van der Waals surface area contributed by atoms with Crippen LogP contribution in [0.15, 0.2) is 36.5 Å². The minimum absolute atomic E-state index is 0.115. The molecule has 0 spiro atoms. The number of fused-ring (bicyclic) bond motifs is 2. The van der Waals surface area contributed by atoms with Crippen LogP contribution < -0.4 is 4.90 Å². The lowest BCUT2D eigenvalue weighted by Crippen LogP contribution is -2.53. The van der Waals surface area contributed by atoms with Gasteiger partial charge in [-0.2, -0.15) is 0 Å². The van der Waals surface area contributed by atoms with Crippen LogP contribution in [-0.2, 0) is 4.79 Å². The molecule has 1 aromatic rings. The number of carbonyl (C=O) groups excluding carboxylic acids is 1. The molecular formula is C20H27N3O.